The summed E-state index contributed by atoms with van der Waals surface area (Å²) >= 11 is 35.0. The minimum Gasteiger partial charge on any atom is -0.394 e. The number of hydrogen-bond donors (Lipinski definition) is 4. The van der Waals surface area contributed by atoms with Crippen LogP contribution in [0, 0.1) is 0 Å². The van der Waals surface area contributed by atoms with Gasteiger partial charge in [0.05, 0.1) is 28.9 Å². The molecule has 4 aromatic rings. The monoisotopic (exact) mass is 1160 g/mol. The quantitative estimate of drug-likeness (QED) is 0.101. The summed E-state index contributed by atoms with van der Waals surface area (Å²) in [7, 11) is 0. The van der Waals surface area contributed by atoms with Crippen LogP contribution in [-0.4, -0.2) is 67.6 Å². The molecule has 5 N–H and O–H groups in total. The summed E-state index contributed by atoms with van der Waals surface area (Å²) in [5, 5.41) is 24.6. The number of halogens is 8. The van der Waals surface area contributed by atoms with E-state index in [4.69, 9.17) is 62.0 Å². The van der Waals surface area contributed by atoms with Crippen molar-refractivity contribution in [2.45, 2.75) is 94.4 Å². The van der Waals surface area contributed by atoms with E-state index in [1.165, 1.54) is 0 Å². The summed E-state index contributed by atoms with van der Waals surface area (Å²) in [6.07, 6.45) is 0.528. The first kappa shape index (κ1) is 58.8. The number of nitrogens with one attached hydrogen (secondary N) is 1. The van der Waals surface area contributed by atoms with E-state index >= 15 is 0 Å². The van der Waals surface area contributed by atoms with Gasteiger partial charge in [0, 0.05) is 88.1 Å². The lowest BCUT2D eigenvalue weighted by molar-refractivity contribution is -0.263. The van der Waals surface area contributed by atoms with Gasteiger partial charge in [-0.1, -0.05) is 134 Å². The van der Waals surface area contributed by atoms with Gasteiger partial charge in [0.1, 0.15) is 0 Å². The number of rotatable bonds is 8. The Morgan fingerprint density at radius 3 is 1.45 bits per heavy atom. The fourth-order valence-electron chi connectivity index (χ4n) is 4.79. The summed E-state index contributed by atoms with van der Waals surface area (Å²) in [6, 6.07) is 27.8. The highest BCUT2D eigenvalue weighted by molar-refractivity contribution is 9.93. The van der Waals surface area contributed by atoms with Crippen LogP contribution >= 0.6 is 107 Å². The van der Waals surface area contributed by atoms with E-state index in [0.717, 1.165) is 0 Å². The third kappa shape index (κ3) is 22.9. The Morgan fingerprint density at radius 2 is 1.13 bits per heavy atom. The number of alkyl halides is 2. The van der Waals surface area contributed by atoms with E-state index in [9.17, 15) is 19.5 Å². The summed E-state index contributed by atoms with van der Waals surface area (Å²) in [5.74, 6) is -1.08. The molecule has 0 spiro atoms. The highest BCUT2D eigenvalue weighted by Gasteiger charge is 2.44. The minimum absolute atomic E-state index is 0.0486. The van der Waals surface area contributed by atoms with E-state index in [0.29, 0.717) is 55.4 Å². The van der Waals surface area contributed by atoms with Crippen LogP contribution in [0.5, 0.6) is 0 Å². The van der Waals surface area contributed by atoms with Crippen molar-refractivity contribution in [2.24, 2.45) is 5.73 Å². The standard InChI is InChI=1S/C13H18ClNO2.2C9H8BrClO.C9H9ClO.C4H11NO.Br2/c1-9-13(16,17-8-12(2,3)15-9)10-5-4-6-11(14)7-10;2*1-6(10)9(12)7-3-2-4-8(11)5-7;1-2-9(11)7-4-3-5-8(10)6-7;1-4(2,5)3-6;1-2/h4-7,9,15-16H,8H2,1-3H3;2*2-6H,1H3;3-6H,2H2,1H3;6H,3,5H2,1-2H3;/t9-,13+;;;;;/m1...../s1. The van der Waals surface area contributed by atoms with Crippen LogP contribution in [-0.2, 0) is 10.5 Å². The highest BCUT2D eigenvalue weighted by atomic mass is 80.9. The Kier molecular flexibility index (Phi) is 28.7. The number of morpholine rings is 1. The van der Waals surface area contributed by atoms with Crippen molar-refractivity contribution < 1.29 is 29.3 Å². The Morgan fingerprint density at radius 1 is 0.783 bits per heavy atom. The Balaban J connectivity index is 0.000000739. The molecular formula is C44H54Br4Cl4N2O6. The van der Waals surface area contributed by atoms with Crippen LogP contribution in [0.3, 0.4) is 0 Å². The number of aliphatic hydroxyl groups excluding tert-OH is 1. The maximum atomic E-state index is 11.4. The summed E-state index contributed by atoms with van der Waals surface area (Å²) in [5.41, 5.74) is 7.41. The molecule has 1 aliphatic rings. The number of nitrogens with two attached hydrogens (primary N) is 1. The van der Waals surface area contributed by atoms with Crippen LogP contribution < -0.4 is 11.1 Å². The van der Waals surface area contributed by atoms with Crippen LogP contribution in [0.15, 0.2) is 97.1 Å². The van der Waals surface area contributed by atoms with Gasteiger partial charge in [0.15, 0.2) is 17.3 Å². The molecule has 5 rings (SSSR count). The lowest BCUT2D eigenvalue weighted by Gasteiger charge is -2.46. The molecule has 16 heteroatoms. The molecule has 2 unspecified atom stereocenters. The topological polar surface area (TPSA) is 139 Å². The maximum absolute atomic E-state index is 11.4. The first-order valence-corrected chi connectivity index (χ1v) is 25.5. The first-order valence-electron chi connectivity index (χ1n) is 18.5. The normalized spacial score (nSPS) is 17.3. The second-order valence-corrected chi connectivity index (χ2v) is 19.2. The van der Waals surface area contributed by atoms with Gasteiger partial charge in [-0.3, -0.25) is 14.4 Å². The molecule has 0 bridgehead atoms. The molecule has 0 aromatic heterocycles. The lowest BCUT2D eigenvalue weighted by Crippen LogP contribution is -2.63. The number of carbonyl (C=O) groups is 3. The van der Waals surface area contributed by atoms with E-state index in [2.05, 4.69) is 65.4 Å². The van der Waals surface area contributed by atoms with Crippen molar-refractivity contribution in [3.8, 4) is 0 Å². The predicted octanol–water partition coefficient (Wildman–Crippen LogP) is 13.2. The smallest absolute Gasteiger partial charge is 0.208 e. The van der Waals surface area contributed by atoms with E-state index in [-0.39, 0.29) is 45.2 Å². The van der Waals surface area contributed by atoms with Gasteiger partial charge in [-0.15, -0.1) is 0 Å². The molecule has 4 aromatic carbocycles. The molecule has 0 radical (unpaired) electrons. The largest absolute Gasteiger partial charge is 0.394 e. The van der Waals surface area contributed by atoms with Crippen molar-refractivity contribution in [3.63, 3.8) is 0 Å². The summed E-state index contributed by atoms with van der Waals surface area (Å²) < 4.78 is 5.67. The van der Waals surface area contributed by atoms with Gasteiger partial charge in [-0.05, 0) is 97.0 Å². The van der Waals surface area contributed by atoms with Crippen LogP contribution in [0.1, 0.15) is 98.4 Å². The minimum atomic E-state index is -1.32. The molecule has 60 heavy (non-hydrogen) atoms. The summed E-state index contributed by atoms with van der Waals surface area (Å²) in [4.78, 5) is 33.6. The Labute approximate surface area is 407 Å². The SMILES string of the molecule is BrBr.CC(Br)C(=O)c1cccc(Cl)c1.CC(Br)C(=O)c1cccc(Cl)c1.CC(C)(N)CO.CCC(=O)c1cccc(Cl)c1.C[C@H]1NC(C)(C)CO[C@]1(O)c1cccc(Cl)c1. The molecular weight excluding hydrogens is 1110 g/mol. The van der Waals surface area contributed by atoms with Gasteiger partial charge < -0.3 is 26.0 Å². The number of aliphatic hydroxyl groups is 2. The van der Waals surface area contributed by atoms with Gasteiger partial charge in [0.2, 0.25) is 5.79 Å². The number of benzene rings is 4. The molecule has 332 valence electrons. The second kappa shape index (κ2) is 29.3. The Hall–Kier alpha value is -1.23. The van der Waals surface area contributed by atoms with Crippen molar-refractivity contribution >= 4 is 124 Å². The number of hydrogen-bond acceptors (Lipinski definition) is 8. The fourth-order valence-corrected chi connectivity index (χ4v) is 6.08. The molecule has 0 amide bonds. The van der Waals surface area contributed by atoms with Crippen molar-refractivity contribution in [1.29, 1.82) is 0 Å². The summed E-state index contributed by atoms with van der Waals surface area (Å²) in [6.45, 7) is 15.5. The average Bonchev–Trinajstić information content (AvgIpc) is 3.20. The number of ketones is 3. The second-order valence-electron chi connectivity index (χ2n) is 14.7. The van der Waals surface area contributed by atoms with Gasteiger partial charge in [-0.2, -0.15) is 0 Å². The van der Waals surface area contributed by atoms with E-state index in [1.54, 1.807) is 113 Å². The van der Waals surface area contributed by atoms with Crippen LogP contribution in [0.4, 0.5) is 0 Å². The van der Waals surface area contributed by atoms with E-state index < -0.39 is 11.3 Å². The number of Topliss-reactive ketones (excluding diaryl/α,β-unsaturated/α-hetero) is 3. The van der Waals surface area contributed by atoms with Crippen LogP contribution in [0.2, 0.25) is 20.1 Å². The van der Waals surface area contributed by atoms with Crippen molar-refractivity contribution in [3.05, 3.63) is 139 Å². The third-order valence-electron chi connectivity index (χ3n) is 7.90. The molecule has 8 nitrogen and oxygen atoms in total. The zero-order valence-corrected chi connectivity index (χ0v) is 44.1. The molecule has 1 saturated heterocycles. The molecule has 0 saturated carbocycles. The molecule has 1 aliphatic heterocycles. The third-order valence-corrected chi connectivity index (χ3v) is 9.67. The lowest BCUT2D eigenvalue weighted by atomic mass is 9.93. The van der Waals surface area contributed by atoms with Gasteiger partial charge in [-0.25, -0.2) is 0 Å². The highest BCUT2D eigenvalue weighted by Crippen LogP contribution is 2.33. The maximum Gasteiger partial charge on any atom is 0.208 e. The van der Waals surface area contributed by atoms with Crippen molar-refractivity contribution in [1.82, 2.24) is 5.32 Å². The molecule has 1 heterocycles. The number of carbonyl (C=O) groups excluding carboxylic acids is 3. The zero-order chi connectivity index (χ0) is 46.4. The average molecular weight is 1170 g/mol. The van der Waals surface area contributed by atoms with Crippen molar-refractivity contribution in [2.75, 3.05) is 13.2 Å². The fraction of sp³-hybridized carbons (Fsp3) is 0.386. The van der Waals surface area contributed by atoms with Gasteiger partial charge in [0.25, 0.3) is 0 Å². The van der Waals surface area contributed by atoms with E-state index in [1.807, 2.05) is 39.8 Å². The predicted molar refractivity (Wildman–Crippen MR) is 266 cm³/mol. The molecule has 4 atom stereocenters. The Bertz CT molecular complexity index is 1870. The number of ether oxygens (including phenoxy) is 1. The molecule has 0 aliphatic carbocycles. The first-order chi connectivity index (χ1) is 27.8. The van der Waals surface area contributed by atoms with Gasteiger partial charge >= 0.3 is 0 Å². The molecule has 1 fully saturated rings. The van der Waals surface area contributed by atoms with Crippen LogP contribution in [0.25, 0.3) is 0 Å². The zero-order valence-electron chi connectivity index (χ0n) is 34.7.